The van der Waals surface area contributed by atoms with Gasteiger partial charge >= 0.3 is 11.9 Å². The van der Waals surface area contributed by atoms with E-state index in [1.165, 1.54) is 0 Å². The quantitative estimate of drug-likeness (QED) is 0.425. The first-order chi connectivity index (χ1) is 9.14. The topological polar surface area (TPSA) is 63.6 Å². The second-order valence-corrected chi connectivity index (χ2v) is 4.54. The summed E-state index contributed by atoms with van der Waals surface area (Å²) in [5.74, 6) is -2.21. The van der Waals surface area contributed by atoms with Gasteiger partial charge in [0.05, 0.1) is 27.6 Å². The monoisotopic (exact) mass is 272 g/mol. The number of ether oxygens (including phenoxy) is 1. The maximum absolute atomic E-state index is 11.7. The Hall–Kier alpha value is -0.810. The number of carbonyl (C=O) groups is 2. The van der Waals surface area contributed by atoms with E-state index in [1.807, 2.05) is 0 Å². The van der Waals surface area contributed by atoms with Crippen LogP contribution in [-0.2, 0) is 14.3 Å². The van der Waals surface area contributed by atoms with Gasteiger partial charge in [0.15, 0.2) is 6.10 Å². The third-order valence-corrected chi connectivity index (χ3v) is 1.68. The van der Waals surface area contributed by atoms with Gasteiger partial charge in [-0.2, -0.15) is 0 Å². The first kappa shape index (κ1) is 10.1. The molecule has 0 amide bonds. The number of aliphatic carboxylic acids is 1. The van der Waals surface area contributed by atoms with Crippen LogP contribution in [0.1, 0.15) is 32.9 Å². The first-order valence-corrected chi connectivity index (χ1v) is 4.86. The van der Waals surface area contributed by atoms with Crippen molar-refractivity contribution in [1.29, 1.82) is 0 Å². The molecule has 102 valence electrons. The third kappa shape index (κ3) is 11.5. The van der Waals surface area contributed by atoms with Crippen molar-refractivity contribution >= 4 is 11.9 Å². The zero-order valence-corrected chi connectivity index (χ0v) is 11.0. The average molecular weight is 273 g/mol. The van der Waals surface area contributed by atoms with E-state index in [2.05, 4.69) is 0 Å². The molecular weight excluding hydrogens is 246 g/mol. The van der Waals surface area contributed by atoms with Gasteiger partial charge in [0.2, 0.25) is 0 Å². The van der Waals surface area contributed by atoms with Crippen LogP contribution in [0.2, 0.25) is 0 Å². The Kier molecular flexibility index (Phi) is 4.96. The Morgan fingerprint density at radius 1 is 1.47 bits per heavy atom. The Bertz CT molecular complexity index is 395. The fraction of sp³-hybridized carbons (Fsp3) is 0.818. The van der Waals surface area contributed by atoms with Crippen molar-refractivity contribution in [3.05, 3.63) is 0 Å². The minimum atomic E-state index is -2.95. The molecule has 0 aromatic rings. The van der Waals surface area contributed by atoms with Gasteiger partial charge in [0.25, 0.3) is 0 Å². The van der Waals surface area contributed by atoms with Gasteiger partial charge in [-0.15, -0.1) is 0 Å². The summed E-state index contributed by atoms with van der Waals surface area (Å²) in [5.41, 5.74) is 0. The van der Waals surface area contributed by atoms with Gasteiger partial charge in [0, 0.05) is 13.3 Å². The van der Waals surface area contributed by atoms with Gasteiger partial charge < -0.3 is 26.7 Å². The molecule has 0 unspecified atom stereocenters. The van der Waals surface area contributed by atoms with E-state index in [4.69, 9.17) is 16.7 Å². The summed E-state index contributed by atoms with van der Waals surface area (Å²) in [4.78, 5) is 22.4. The second-order valence-electron chi connectivity index (χ2n) is 4.54. The Labute approximate surface area is 116 Å². The van der Waals surface area contributed by atoms with Gasteiger partial charge in [0.1, 0.15) is 6.54 Å². The lowest BCUT2D eigenvalue weighted by Gasteiger charge is -2.28. The number of quaternary nitrogens is 1. The highest BCUT2D eigenvalue weighted by Crippen LogP contribution is 2.07. The lowest BCUT2D eigenvalue weighted by molar-refractivity contribution is -0.873. The normalized spacial score (nSPS) is 18.4. The largest absolute Gasteiger partial charge is 1.00 e. The van der Waals surface area contributed by atoms with Crippen LogP contribution in [0.25, 0.3) is 0 Å². The first-order valence-electron chi connectivity index (χ1n) is 7.36. The number of hydrogen-bond acceptors (Lipinski definition) is 3. The standard InChI is InChI=1S/C11H21NO4.ClH/c1-5-6-11(15)16-9(7-10(13)14)8-12(2,3)4;/h9H,5-8H2,1-4H3;1H/t9-;/m1./s1/i1D3,5D2;. The molecule has 1 N–H and O–H groups in total. The molecule has 0 spiro atoms. The lowest BCUT2D eigenvalue weighted by Crippen LogP contribution is -3.00. The highest BCUT2D eigenvalue weighted by molar-refractivity contribution is 5.71. The minimum Gasteiger partial charge on any atom is -1.00 e. The number of carboxylic acids is 1. The number of esters is 1. The molecule has 1 atom stereocenters. The second kappa shape index (κ2) is 8.31. The SMILES string of the molecule is [2H]C([2H])([2H])C([2H])([2H])CC(=O)O[C@H](CC(=O)O)C[N+](C)(C)C.[Cl-]. The highest BCUT2D eigenvalue weighted by Gasteiger charge is 2.24. The zero-order valence-electron chi connectivity index (χ0n) is 15.2. The van der Waals surface area contributed by atoms with Crippen LogP contribution < -0.4 is 12.4 Å². The summed E-state index contributed by atoms with van der Waals surface area (Å²) in [6.45, 7) is -2.73. The van der Waals surface area contributed by atoms with Crippen LogP contribution >= 0.6 is 0 Å². The Morgan fingerprint density at radius 2 is 2.06 bits per heavy atom. The van der Waals surface area contributed by atoms with E-state index in [-0.39, 0.29) is 19.0 Å². The maximum atomic E-state index is 11.7. The van der Waals surface area contributed by atoms with Crippen LogP contribution in [0.4, 0.5) is 0 Å². The van der Waals surface area contributed by atoms with Crippen LogP contribution in [0.15, 0.2) is 0 Å². The number of rotatable bonds is 7. The summed E-state index contributed by atoms with van der Waals surface area (Å²) in [7, 11) is 5.35. The number of nitrogens with zero attached hydrogens (tertiary/aromatic N) is 1. The molecule has 5 nitrogen and oxygen atoms in total. The number of carboxylic acid groups (broad SMARTS) is 1. The number of carbonyl (C=O) groups excluding carboxylic acids is 1. The molecule has 0 rings (SSSR count). The lowest BCUT2D eigenvalue weighted by atomic mass is 10.2. The predicted octanol–water partition coefficient (Wildman–Crippen LogP) is -2.12. The van der Waals surface area contributed by atoms with Crippen LogP contribution in [0.5, 0.6) is 0 Å². The summed E-state index contributed by atoms with van der Waals surface area (Å²) in [6, 6.07) is 0. The smallest absolute Gasteiger partial charge is 0.307 e. The zero-order chi connectivity index (χ0) is 17.1. The van der Waals surface area contributed by atoms with Crippen LogP contribution in [0, 0.1) is 0 Å². The van der Waals surface area contributed by atoms with Crippen molar-refractivity contribution in [2.24, 2.45) is 0 Å². The molecule has 0 aliphatic heterocycles. The van der Waals surface area contributed by atoms with E-state index in [0.717, 1.165) is 0 Å². The van der Waals surface area contributed by atoms with Crippen LogP contribution in [-0.4, -0.2) is 55.3 Å². The van der Waals surface area contributed by atoms with Gasteiger partial charge in [-0.25, -0.2) is 0 Å². The molecule has 0 aliphatic carbocycles. The Morgan fingerprint density at radius 3 is 2.47 bits per heavy atom. The molecule has 0 heterocycles. The number of hydrogen-bond donors (Lipinski definition) is 1. The van der Waals surface area contributed by atoms with Gasteiger partial charge in [-0.1, -0.05) is 6.85 Å². The molecule has 0 aromatic carbocycles. The molecule has 0 aliphatic rings. The molecule has 0 fully saturated rings. The third-order valence-electron chi connectivity index (χ3n) is 1.68. The van der Waals surface area contributed by atoms with Crippen molar-refractivity contribution < 1.29 is 43.2 Å². The van der Waals surface area contributed by atoms with E-state index in [0.29, 0.717) is 4.48 Å². The number of halogens is 1. The van der Waals surface area contributed by atoms with Crippen molar-refractivity contribution in [3.8, 4) is 0 Å². The maximum Gasteiger partial charge on any atom is 0.307 e. The molecule has 17 heavy (non-hydrogen) atoms. The van der Waals surface area contributed by atoms with E-state index in [9.17, 15) is 9.59 Å². The summed E-state index contributed by atoms with van der Waals surface area (Å²) in [5, 5.41) is 8.79. The summed E-state index contributed by atoms with van der Waals surface area (Å²) in [6.07, 6.45) is -5.02. The predicted molar refractivity (Wildman–Crippen MR) is 59.9 cm³/mol. The van der Waals surface area contributed by atoms with Gasteiger partial charge in [-0.3, -0.25) is 9.59 Å². The molecule has 6 heteroatoms. The molecular formula is C11H22ClNO4. The van der Waals surface area contributed by atoms with E-state index >= 15 is 0 Å². The molecule has 0 radical (unpaired) electrons. The number of likely N-dealkylation sites (N-methyl/N-ethyl adjacent to an activating group) is 1. The fourth-order valence-corrected chi connectivity index (χ4v) is 1.25. The highest BCUT2D eigenvalue weighted by atomic mass is 35.5. The molecule has 0 saturated carbocycles. The van der Waals surface area contributed by atoms with E-state index in [1.54, 1.807) is 21.1 Å². The van der Waals surface area contributed by atoms with Gasteiger partial charge in [-0.05, 0) is 6.37 Å². The summed E-state index contributed by atoms with van der Waals surface area (Å²) < 4.78 is 41.1. The minimum absolute atomic E-state index is 0. The summed E-state index contributed by atoms with van der Waals surface area (Å²) >= 11 is 0. The van der Waals surface area contributed by atoms with Crippen molar-refractivity contribution in [2.75, 3.05) is 27.7 Å². The average Bonchev–Trinajstić information content (AvgIpc) is 2.08. The molecule has 0 saturated heterocycles. The Balaban J connectivity index is 0. The van der Waals surface area contributed by atoms with Crippen molar-refractivity contribution in [3.63, 3.8) is 0 Å². The van der Waals surface area contributed by atoms with E-state index < -0.39 is 44.1 Å². The van der Waals surface area contributed by atoms with Crippen LogP contribution in [0.3, 0.4) is 0 Å². The fourth-order valence-electron chi connectivity index (χ4n) is 1.25. The molecule has 0 aromatic heterocycles. The molecule has 0 bridgehead atoms. The van der Waals surface area contributed by atoms with Crippen molar-refractivity contribution in [1.82, 2.24) is 0 Å². The van der Waals surface area contributed by atoms with Crippen molar-refractivity contribution in [2.45, 2.75) is 32.2 Å².